The van der Waals surface area contributed by atoms with E-state index >= 15 is 0 Å². The molecular formula is C38H49N3O6. The van der Waals surface area contributed by atoms with Gasteiger partial charge in [0.25, 0.3) is 5.91 Å². The fourth-order valence-electron chi connectivity index (χ4n) is 6.38. The summed E-state index contributed by atoms with van der Waals surface area (Å²) in [6.45, 7) is 9.18. The van der Waals surface area contributed by atoms with E-state index in [1.807, 2.05) is 49.4 Å². The summed E-state index contributed by atoms with van der Waals surface area (Å²) >= 11 is 0. The summed E-state index contributed by atoms with van der Waals surface area (Å²) in [5.74, 6) is 3.69. The topological polar surface area (TPSA) is 90.4 Å². The number of ether oxygens (including phenoxy) is 4. The quantitative estimate of drug-likeness (QED) is 0.162. The number of hydrogen-bond donors (Lipinski definition) is 0. The fraction of sp³-hybridized carbons (Fsp3) is 0.500. The summed E-state index contributed by atoms with van der Waals surface area (Å²) in [5.41, 5.74) is 2.64. The van der Waals surface area contributed by atoms with Crippen molar-refractivity contribution in [3.05, 3.63) is 71.8 Å². The Kier molecular flexibility index (Phi) is 11.6. The van der Waals surface area contributed by atoms with Crippen LogP contribution in [0.1, 0.15) is 74.7 Å². The van der Waals surface area contributed by atoms with Crippen LogP contribution in [0.2, 0.25) is 0 Å². The minimum Gasteiger partial charge on any atom is -0.497 e. The molecule has 5 rings (SSSR count). The number of aromatic nitrogens is 1. The third-order valence-corrected chi connectivity index (χ3v) is 9.03. The summed E-state index contributed by atoms with van der Waals surface area (Å²) in [4.78, 5) is 35.1. The number of piperidine rings is 1. The lowest BCUT2D eigenvalue weighted by Crippen LogP contribution is -2.39. The number of esters is 1. The number of benzene rings is 2. The lowest BCUT2D eigenvalue weighted by molar-refractivity contribution is -0.143. The van der Waals surface area contributed by atoms with Gasteiger partial charge in [-0.15, -0.1) is 0 Å². The highest BCUT2D eigenvalue weighted by Crippen LogP contribution is 2.45. The number of carbonyl (C=O) groups excluding carboxylic acids is 2. The van der Waals surface area contributed by atoms with Gasteiger partial charge in [0, 0.05) is 31.8 Å². The molecule has 9 nitrogen and oxygen atoms in total. The Balaban J connectivity index is 1.25. The molecule has 9 heteroatoms. The van der Waals surface area contributed by atoms with E-state index in [1.165, 1.54) is 0 Å². The first kappa shape index (κ1) is 34.1. The smallest absolute Gasteiger partial charge is 0.306 e. The lowest BCUT2D eigenvalue weighted by atomic mass is 9.91. The average Bonchev–Trinajstić information content (AvgIpc) is 3.94. The monoisotopic (exact) mass is 643 g/mol. The number of methoxy groups -OCH3 is 2. The van der Waals surface area contributed by atoms with Crippen LogP contribution in [-0.4, -0.2) is 63.9 Å². The molecule has 0 N–H and O–H groups in total. The van der Waals surface area contributed by atoms with E-state index in [9.17, 15) is 9.59 Å². The van der Waals surface area contributed by atoms with Crippen molar-refractivity contribution in [2.45, 2.75) is 58.8 Å². The Labute approximate surface area is 279 Å². The van der Waals surface area contributed by atoms with E-state index in [2.05, 4.69) is 35.9 Å². The maximum Gasteiger partial charge on any atom is 0.306 e. The Morgan fingerprint density at radius 2 is 1.70 bits per heavy atom. The molecule has 1 aliphatic carbocycles. The second kappa shape index (κ2) is 16.0. The number of carbonyl (C=O) groups is 2. The van der Waals surface area contributed by atoms with Crippen molar-refractivity contribution >= 4 is 23.4 Å². The summed E-state index contributed by atoms with van der Waals surface area (Å²) in [7, 11) is 3.22. The average molecular weight is 644 g/mol. The van der Waals surface area contributed by atoms with Crippen molar-refractivity contribution in [3.63, 3.8) is 0 Å². The zero-order valence-corrected chi connectivity index (χ0v) is 28.4. The van der Waals surface area contributed by atoms with Crippen molar-refractivity contribution in [1.29, 1.82) is 0 Å². The van der Waals surface area contributed by atoms with E-state index in [0.717, 1.165) is 55.8 Å². The molecule has 1 saturated carbocycles. The molecule has 47 heavy (non-hydrogen) atoms. The molecule has 1 aromatic heterocycles. The zero-order chi connectivity index (χ0) is 33.3. The Morgan fingerprint density at radius 3 is 2.38 bits per heavy atom. The summed E-state index contributed by atoms with van der Waals surface area (Å²) < 4.78 is 22.5. The molecule has 0 radical (unpaired) electrons. The number of hydrogen-bond acceptors (Lipinski definition) is 8. The molecule has 3 aromatic rings. The van der Waals surface area contributed by atoms with Crippen molar-refractivity contribution in [2.75, 3.05) is 56.9 Å². The number of anilines is 2. The summed E-state index contributed by atoms with van der Waals surface area (Å²) in [5, 5.41) is 0. The number of pyridine rings is 1. The van der Waals surface area contributed by atoms with Gasteiger partial charge in [-0.25, -0.2) is 0 Å². The highest BCUT2D eigenvalue weighted by atomic mass is 16.5. The van der Waals surface area contributed by atoms with Crippen molar-refractivity contribution in [3.8, 4) is 17.4 Å². The highest BCUT2D eigenvalue weighted by molar-refractivity contribution is 6.09. The van der Waals surface area contributed by atoms with Crippen LogP contribution in [0.15, 0.2) is 60.7 Å². The Hall–Kier alpha value is -4.27. The number of amides is 1. The van der Waals surface area contributed by atoms with Crippen LogP contribution in [-0.2, 0) is 9.53 Å². The van der Waals surface area contributed by atoms with Crippen molar-refractivity contribution < 1.29 is 28.5 Å². The molecular weight excluding hydrogens is 594 g/mol. The predicted molar refractivity (Wildman–Crippen MR) is 184 cm³/mol. The molecule has 2 aliphatic rings. The van der Waals surface area contributed by atoms with E-state index in [0.29, 0.717) is 61.0 Å². The SMILES string of the molecule is CCOC(=O)CC(c1cccc(OCC2CCN(c3cc(OC)ccc3C(=O)N(CC(C)C)c3cccc(OC)n3)CC2)c1)C1CC1. The number of nitrogens with zero attached hydrogens (tertiary/aromatic N) is 3. The minimum absolute atomic E-state index is 0.102. The first-order valence-corrected chi connectivity index (χ1v) is 16.9. The molecule has 1 amide bonds. The van der Waals surface area contributed by atoms with Gasteiger partial charge in [0.05, 0.1) is 45.1 Å². The largest absolute Gasteiger partial charge is 0.497 e. The first-order chi connectivity index (χ1) is 22.8. The van der Waals surface area contributed by atoms with Gasteiger partial charge in [-0.1, -0.05) is 32.0 Å². The molecule has 1 atom stereocenters. The summed E-state index contributed by atoms with van der Waals surface area (Å²) in [6, 6.07) is 19.4. The lowest BCUT2D eigenvalue weighted by Gasteiger charge is -2.35. The molecule has 1 aliphatic heterocycles. The molecule has 0 spiro atoms. The number of rotatable bonds is 15. The summed E-state index contributed by atoms with van der Waals surface area (Å²) in [6.07, 6.45) is 4.60. The van der Waals surface area contributed by atoms with Crippen LogP contribution < -0.4 is 24.0 Å². The van der Waals surface area contributed by atoms with E-state index in [-0.39, 0.29) is 23.7 Å². The van der Waals surface area contributed by atoms with Crippen LogP contribution in [0.4, 0.5) is 11.5 Å². The second-order valence-corrected chi connectivity index (χ2v) is 13.0. The van der Waals surface area contributed by atoms with Crippen molar-refractivity contribution in [2.24, 2.45) is 17.8 Å². The third-order valence-electron chi connectivity index (χ3n) is 9.03. The Morgan fingerprint density at radius 1 is 0.936 bits per heavy atom. The molecule has 0 bridgehead atoms. The first-order valence-electron chi connectivity index (χ1n) is 16.9. The van der Waals surface area contributed by atoms with E-state index in [4.69, 9.17) is 18.9 Å². The van der Waals surface area contributed by atoms with Crippen LogP contribution in [0.25, 0.3) is 0 Å². The Bertz CT molecular complexity index is 1500. The maximum absolute atomic E-state index is 14.2. The predicted octanol–water partition coefficient (Wildman–Crippen LogP) is 7.14. The maximum atomic E-state index is 14.2. The van der Waals surface area contributed by atoms with Gasteiger partial charge in [-0.2, -0.15) is 4.98 Å². The molecule has 2 heterocycles. The van der Waals surface area contributed by atoms with Gasteiger partial charge in [-0.05, 0) is 92.2 Å². The fourth-order valence-corrected chi connectivity index (χ4v) is 6.38. The van der Waals surface area contributed by atoms with Crippen LogP contribution >= 0.6 is 0 Å². The molecule has 1 saturated heterocycles. The van der Waals surface area contributed by atoms with Gasteiger partial charge in [0.15, 0.2) is 0 Å². The molecule has 2 fully saturated rings. The normalized spacial score (nSPS) is 15.7. The second-order valence-electron chi connectivity index (χ2n) is 13.0. The van der Waals surface area contributed by atoms with Gasteiger partial charge in [0.1, 0.15) is 17.3 Å². The standard InChI is InChI=1S/C38H49N3O6/c1-6-46-37(42)23-33(28-13-14-28)29-9-7-10-31(21-29)47-25-27-17-19-40(20-18-27)34-22-30(44-4)15-16-32(34)38(43)41(24-26(2)3)35-11-8-12-36(39-35)45-5/h7-12,15-16,21-22,26-28,33H,6,13-14,17-20,23-25H2,1-5H3. The molecule has 252 valence electrons. The van der Waals surface area contributed by atoms with Gasteiger partial charge in [-0.3, -0.25) is 14.5 Å². The molecule has 2 aromatic carbocycles. The van der Waals surface area contributed by atoms with Gasteiger partial charge in [0.2, 0.25) is 5.88 Å². The van der Waals surface area contributed by atoms with Crippen LogP contribution in [0.5, 0.6) is 17.4 Å². The molecule has 1 unspecified atom stereocenters. The van der Waals surface area contributed by atoms with Crippen LogP contribution in [0, 0.1) is 17.8 Å². The van der Waals surface area contributed by atoms with Crippen LogP contribution in [0.3, 0.4) is 0 Å². The minimum atomic E-state index is -0.132. The van der Waals surface area contributed by atoms with E-state index in [1.54, 1.807) is 25.2 Å². The van der Waals surface area contributed by atoms with E-state index < -0.39 is 0 Å². The third kappa shape index (κ3) is 8.96. The van der Waals surface area contributed by atoms with Crippen molar-refractivity contribution in [1.82, 2.24) is 4.98 Å². The highest BCUT2D eigenvalue weighted by Gasteiger charge is 2.34. The van der Waals surface area contributed by atoms with Gasteiger partial charge >= 0.3 is 5.97 Å². The zero-order valence-electron chi connectivity index (χ0n) is 28.4. The van der Waals surface area contributed by atoms with Gasteiger partial charge < -0.3 is 23.8 Å².